The van der Waals surface area contributed by atoms with Crippen LogP contribution in [-0.4, -0.2) is 6.61 Å². The maximum Gasteiger partial charge on any atom is 0.417 e. The first-order valence-corrected chi connectivity index (χ1v) is 6.65. The van der Waals surface area contributed by atoms with Gasteiger partial charge in [0.25, 0.3) is 0 Å². The minimum atomic E-state index is -4.56. The van der Waals surface area contributed by atoms with E-state index in [0.29, 0.717) is 13.0 Å². The predicted octanol–water partition coefficient (Wildman–Crippen LogP) is 4.26. The fraction of sp³-hybridized carbons (Fsp3) is 0.214. The van der Waals surface area contributed by atoms with E-state index < -0.39 is 17.3 Å². The van der Waals surface area contributed by atoms with E-state index in [1.54, 1.807) is 11.3 Å². The summed E-state index contributed by atoms with van der Waals surface area (Å²) in [6.07, 6.45) is -3.92. The minimum absolute atomic E-state index is 0.118. The van der Waals surface area contributed by atoms with Gasteiger partial charge in [-0.2, -0.15) is 18.4 Å². The molecular formula is C14H10F3NOS. The number of benzene rings is 1. The van der Waals surface area contributed by atoms with Crippen LogP contribution in [0.1, 0.15) is 16.0 Å². The van der Waals surface area contributed by atoms with Gasteiger partial charge in [0.2, 0.25) is 0 Å². The van der Waals surface area contributed by atoms with Gasteiger partial charge in [-0.3, -0.25) is 0 Å². The van der Waals surface area contributed by atoms with Gasteiger partial charge in [-0.05, 0) is 29.6 Å². The quantitative estimate of drug-likeness (QED) is 0.844. The molecule has 2 nitrogen and oxygen atoms in total. The number of nitriles is 1. The van der Waals surface area contributed by atoms with Gasteiger partial charge in [-0.25, -0.2) is 0 Å². The molecule has 0 bridgehead atoms. The average molecular weight is 297 g/mol. The number of hydrogen-bond acceptors (Lipinski definition) is 3. The number of alkyl halides is 3. The second-order valence-electron chi connectivity index (χ2n) is 3.99. The van der Waals surface area contributed by atoms with Gasteiger partial charge in [-0.15, -0.1) is 11.3 Å². The first-order valence-electron chi connectivity index (χ1n) is 5.77. The third kappa shape index (κ3) is 3.52. The monoisotopic (exact) mass is 297 g/mol. The third-order valence-electron chi connectivity index (χ3n) is 2.61. The van der Waals surface area contributed by atoms with E-state index in [1.807, 2.05) is 17.5 Å². The Morgan fingerprint density at radius 2 is 2.05 bits per heavy atom. The predicted molar refractivity (Wildman–Crippen MR) is 69.7 cm³/mol. The number of thiophene rings is 1. The molecule has 1 aromatic heterocycles. The molecule has 0 atom stereocenters. The molecule has 0 N–H and O–H groups in total. The Balaban J connectivity index is 2.07. The molecule has 0 aliphatic heterocycles. The highest BCUT2D eigenvalue weighted by Crippen LogP contribution is 2.34. The molecule has 0 spiro atoms. The largest absolute Gasteiger partial charge is 0.493 e. The highest BCUT2D eigenvalue weighted by molar-refractivity contribution is 7.09. The lowest BCUT2D eigenvalue weighted by atomic mass is 10.1. The smallest absolute Gasteiger partial charge is 0.417 e. The summed E-state index contributed by atoms with van der Waals surface area (Å²) in [6, 6.07) is 8.75. The zero-order valence-electron chi connectivity index (χ0n) is 10.3. The highest BCUT2D eigenvalue weighted by Gasteiger charge is 2.34. The third-order valence-corrected chi connectivity index (χ3v) is 3.55. The van der Waals surface area contributed by atoms with Crippen molar-refractivity contribution < 1.29 is 17.9 Å². The molecule has 0 amide bonds. The Hall–Kier alpha value is -2.00. The number of rotatable bonds is 4. The molecule has 104 valence electrons. The molecule has 0 aliphatic rings. The van der Waals surface area contributed by atoms with Crippen LogP contribution in [0, 0.1) is 11.3 Å². The minimum Gasteiger partial charge on any atom is -0.493 e. The molecule has 0 unspecified atom stereocenters. The second-order valence-corrected chi connectivity index (χ2v) is 5.03. The highest BCUT2D eigenvalue weighted by atomic mass is 32.1. The van der Waals surface area contributed by atoms with Gasteiger partial charge in [0, 0.05) is 11.3 Å². The van der Waals surface area contributed by atoms with Crippen molar-refractivity contribution in [1.29, 1.82) is 5.26 Å². The number of hydrogen-bond donors (Lipinski definition) is 0. The van der Waals surface area contributed by atoms with Crippen LogP contribution in [-0.2, 0) is 12.6 Å². The van der Waals surface area contributed by atoms with Gasteiger partial charge in [-0.1, -0.05) is 6.07 Å². The Bertz CT molecular complexity index is 614. The second kappa shape index (κ2) is 5.97. The summed E-state index contributed by atoms with van der Waals surface area (Å²) in [4.78, 5) is 1.11. The summed E-state index contributed by atoms with van der Waals surface area (Å²) in [7, 11) is 0. The molecule has 0 radical (unpaired) electrons. The van der Waals surface area contributed by atoms with Crippen molar-refractivity contribution in [2.75, 3.05) is 6.61 Å². The Morgan fingerprint density at radius 1 is 1.25 bits per heavy atom. The first-order chi connectivity index (χ1) is 9.50. The van der Waals surface area contributed by atoms with Gasteiger partial charge >= 0.3 is 6.18 Å². The van der Waals surface area contributed by atoms with E-state index in [1.165, 1.54) is 12.1 Å². The Labute approximate surface area is 118 Å². The molecule has 1 heterocycles. The van der Waals surface area contributed by atoms with E-state index in [-0.39, 0.29) is 5.75 Å². The van der Waals surface area contributed by atoms with Gasteiger partial charge in [0.1, 0.15) is 5.75 Å². The van der Waals surface area contributed by atoms with Gasteiger partial charge in [0.15, 0.2) is 0 Å². The van der Waals surface area contributed by atoms with Crippen LogP contribution in [0.15, 0.2) is 35.7 Å². The van der Waals surface area contributed by atoms with Crippen molar-refractivity contribution in [3.63, 3.8) is 0 Å². The number of halogens is 3. The lowest BCUT2D eigenvalue weighted by Gasteiger charge is -2.11. The summed E-state index contributed by atoms with van der Waals surface area (Å²) < 4.78 is 43.6. The summed E-state index contributed by atoms with van der Waals surface area (Å²) in [5.41, 5.74) is -1.36. The van der Waals surface area contributed by atoms with Crippen molar-refractivity contribution in [2.24, 2.45) is 0 Å². The number of ether oxygens (including phenoxy) is 1. The Morgan fingerprint density at radius 3 is 2.65 bits per heavy atom. The standard InChI is InChI=1S/C14H10F3NOS/c15-14(16,17)13-8-11(4-3-10(13)9-18)19-6-5-12-2-1-7-20-12/h1-4,7-8H,5-6H2. The zero-order chi connectivity index (χ0) is 14.6. The van der Waals surface area contributed by atoms with E-state index in [2.05, 4.69) is 0 Å². The summed E-state index contributed by atoms with van der Waals surface area (Å²) in [6.45, 7) is 0.295. The van der Waals surface area contributed by atoms with E-state index in [0.717, 1.165) is 17.0 Å². The maximum absolute atomic E-state index is 12.8. The van der Waals surface area contributed by atoms with Crippen LogP contribution in [0.5, 0.6) is 5.75 Å². The van der Waals surface area contributed by atoms with Crippen molar-refractivity contribution in [1.82, 2.24) is 0 Å². The molecule has 0 saturated heterocycles. The van der Waals surface area contributed by atoms with Crippen LogP contribution in [0.2, 0.25) is 0 Å². The van der Waals surface area contributed by atoms with Crippen LogP contribution >= 0.6 is 11.3 Å². The summed E-state index contributed by atoms with van der Waals surface area (Å²) in [5, 5.41) is 10.6. The lowest BCUT2D eigenvalue weighted by Crippen LogP contribution is -2.09. The SMILES string of the molecule is N#Cc1ccc(OCCc2cccs2)cc1C(F)(F)F. The van der Waals surface area contributed by atoms with Crippen molar-refractivity contribution in [3.05, 3.63) is 51.7 Å². The molecule has 2 rings (SSSR count). The Kier molecular flexibility index (Phi) is 4.30. The maximum atomic E-state index is 12.8. The molecule has 20 heavy (non-hydrogen) atoms. The lowest BCUT2D eigenvalue weighted by molar-refractivity contribution is -0.137. The average Bonchev–Trinajstić information content (AvgIpc) is 2.91. The molecule has 2 aromatic rings. The molecule has 6 heteroatoms. The van der Waals surface area contributed by atoms with E-state index in [9.17, 15) is 13.2 Å². The van der Waals surface area contributed by atoms with E-state index in [4.69, 9.17) is 10.00 Å². The van der Waals surface area contributed by atoms with Crippen LogP contribution in [0.4, 0.5) is 13.2 Å². The molecule has 0 aliphatic carbocycles. The van der Waals surface area contributed by atoms with Crippen molar-refractivity contribution in [3.8, 4) is 11.8 Å². The van der Waals surface area contributed by atoms with Gasteiger partial charge < -0.3 is 4.74 Å². The van der Waals surface area contributed by atoms with Gasteiger partial charge in [0.05, 0.1) is 23.8 Å². The number of nitrogens with zero attached hydrogens (tertiary/aromatic N) is 1. The summed E-state index contributed by atoms with van der Waals surface area (Å²) >= 11 is 1.57. The topological polar surface area (TPSA) is 33.0 Å². The molecule has 0 saturated carbocycles. The first kappa shape index (κ1) is 14.4. The van der Waals surface area contributed by atoms with Crippen LogP contribution in [0.25, 0.3) is 0 Å². The molecule has 0 fully saturated rings. The van der Waals surface area contributed by atoms with Crippen molar-refractivity contribution >= 4 is 11.3 Å². The molecular weight excluding hydrogens is 287 g/mol. The van der Waals surface area contributed by atoms with Crippen LogP contribution < -0.4 is 4.74 Å². The normalized spacial score (nSPS) is 11.1. The molecule has 1 aromatic carbocycles. The zero-order valence-corrected chi connectivity index (χ0v) is 11.1. The fourth-order valence-electron chi connectivity index (χ4n) is 1.67. The summed E-state index contributed by atoms with van der Waals surface area (Å²) in [5.74, 6) is 0.118. The fourth-order valence-corrected chi connectivity index (χ4v) is 2.36. The van der Waals surface area contributed by atoms with Crippen molar-refractivity contribution in [2.45, 2.75) is 12.6 Å². The van der Waals surface area contributed by atoms with E-state index >= 15 is 0 Å². The van der Waals surface area contributed by atoms with Crippen LogP contribution in [0.3, 0.4) is 0 Å².